The first-order valence-electron chi connectivity index (χ1n) is 8.24. The van der Waals surface area contributed by atoms with E-state index in [1.807, 2.05) is 6.20 Å². The van der Waals surface area contributed by atoms with E-state index in [0.717, 1.165) is 37.3 Å². The van der Waals surface area contributed by atoms with Crippen LogP contribution in [0.2, 0.25) is 0 Å². The molecule has 0 amide bonds. The van der Waals surface area contributed by atoms with Gasteiger partial charge in [-0.3, -0.25) is 9.69 Å². The van der Waals surface area contributed by atoms with Gasteiger partial charge in [0.25, 0.3) is 5.56 Å². The first kappa shape index (κ1) is 15.9. The van der Waals surface area contributed by atoms with Gasteiger partial charge in [0.1, 0.15) is 0 Å². The second kappa shape index (κ2) is 6.66. The highest BCUT2D eigenvalue weighted by Gasteiger charge is 2.22. The number of hydrogen-bond acceptors (Lipinski definition) is 5. The molecule has 6 heteroatoms. The summed E-state index contributed by atoms with van der Waals surface area (Å²) < 4.78 is 6.93. The zero-order chi connectivity index (χ0) is 16.4. The second-order valence-electron chi connectivity index (χ2n) is 6.66. The third kappa shape index (κ3) is 3.69. The summed E-state index contributed by atoms with van der Waals surface area (Å²) in [4.78, 5) is 18.6. The molecule has 3 rings (SSSR count). The first-order chi connectivity index (χ1) is 11.0. The second-order valence-corrected chi connectivity index (χ2v) is 6.66. The zero-order valence-electron chi connectivity index (χ0n) is 14.0. The van der Waals surface area contributed by atoms with Gasteiger partial charge in [-0.15, -0.1) is 0 Å². The molecule has 0 saturated carbocycles. The van der Waals surface area contributed by atoms with Crippen LogP contribution >= 0.6 is 0 Å². The number of rotatable bonds is 4. The molecular weight excluding hydrogens is 292 g/mol. The maximum absolute atomic E-state index is 11.8. The fraction of sp³-hybridized carbons (Fsp3) is 0.588. The average Bonchev–Trinajstić information content (AvgIpc) is 3.00. The van der Waals surface area contributed by atoms with Crippen molar-refractivity contribution in [2.75, 3.05) is 13.1 Å². The van der Waals surface area contributed by atoms with Crippen LogP contribution in [0.3, 0.4) is 0 Å². The van der Waals surface area contributed by atoms with Crippen LogP contribution in [-0.4, -0.2) is 32.7 Å². The van der Waals surface area contributed by atoms with Gasteiger partial charge in [0, 0.05) is 25.2 Å². The lowest BCUT2D eigenvalue weighted by atomic mass is 9.90. The van der Waals surface area contributed by atoms with Gasteiger partial charge in [0.05, 0.1) is 6.54 Å². The SMILES string of the molecule is CC(C)c1noc(CN2CCC(c3ccn(C)c(=O)c3)CC2)n1. The van der Waals surface area contributed by atoms with Crippen molar-refractivity contribution in [2.24, 2.45) is 7.05 Å². The molecule has 1 aliphatic rings. The van der Waals surface area contributed by atoms with E-state index < -0.39 is 0 Å². The van der Waals surface area contributed by atoms with E-state index in [0.29, 0.717) is 24.3 Å². The molecule has 3 heterocycles. The van der Waals surface area contributed by atoms with Gasteiger partial charge in [-0.25, -0.2) is 0 Å². The molecule has 23 heavy (non-hydrogen) atoms. The molecule has 0 aromatic carbocycles. The normalized spacial score (nSPS) is 17.0. The highest BCUT2D eigenvalue weighted by atomic mass is 16.5. The summed E-state index contributed by atoms with van der Waals surface area (Å²) in [5.74, 6) is 2.23. The lowest BCUT2D eigenvalue weighted by Gasteiger charge is -2.31. The molecule has 0 unspecified atom stereocenters. The minimum Gasteiger partial charge on any atom is -0.338 e. The quantitative estimate of drug-likeness (QED) is 0.866. The van der Waals surface area contributed by atoms with Crippen molar-refractivity contribution < 1.29 is 4.52 Å². The number of piperidine rings is 1. The van der Waals surface area contributed by atoms with Crippen molar-refractivity contribution in [3.8, 4) is 0 Å². The smallest absolute Gasteiger partial charge is 0.250 e. The number of hydrogen-bond donors (Lipinski definition) is 0. The molecule has 2 aromatic heterocycles. The maximum Gasteiger partial charge on any atom is 0.250 e. The third-order valence-electron chi connectivity index (χ3n) is 4.55. The van der Waals surface area contributed by atoms with E-state index in [9.17, 15) is 4.79 Å². The summed E-state index contributed by atoms with van der Waals surface area (Å²) in [6.45, 7) is 6.80. The molecule has 2 aromatic rings. The molecule has 1 aliphatic heterocycles. The van der Waals surface area contributed by atoms with Gasteiger partial charge >= 0.3 is 0 Å². The van der Waals surface area contributed by atoms with Crippen LogP contribution in [0.25, 0.3) is 0 Å². The Morgan fingerprint density at radius 3 is 2.70 bits per heavy atom. The Morgan fingerprint density at radius 2 is 2.09 bits per heavy atom. The van der Waals surface area contributed by atoms with E-state index in [4.69, 9.17) is 4.52 Å². The van der Waals surface area contributed by atoms with Gasteiger partial charge in [0.2, 0.25) is 5.89 Å². The molecule has 6 nitrogen and oxygen atoms in total. The van der Waals surface area contributed by atoms with Gasteiger partial charge < -0.3 is 9.09 Å². The third-order valence-corrected chi connectivity index (χ3v) is 4.55. The first-order valence-corrected chi connectivity index (χ1v) is 8.24. The van der Waals surface area contributed by atoms with E-state index in [2.05, 4.69) is 35.0 Å². The van der Waals surface area contributed by atoms with Crippen molar-refractivity contribution in [1.29, 1.82) is 0 Å². The topological polar surface area (TPSA) is 64.2 Å². The molecule has 0 radical (unpaired) electrons. The lowest BCUT2D eigenvalue weighted by Crippen LogP contribution is -2.33. The van der Waals surface area contributed by atoms with Crippen LogP contribution in [0.1, 0.15) is 55.8 Å². The number of pyridine rings is 1. The highest BCUT2D eigenvalue weighted by molar-refractivity contribution is 5.17. The Kier molecular flexibility index (Phi) is 4.61. The predicted molar refractivity (Wildman–Crippen MR) is 87.3 cm³/mol. The summed E-state index contributed by atoms with van der Waals surface area (Å²) in [5, 5.41) is 4.01. The van der Waals surface area contributed by atoms with E-state index in [1.54, 1.807) is 17.7 Å². The Labute approximate surface area is 136 Å². The monoisotopic (exact) mass is 316 g/mol. The summed E-state index contributed by atoms with van der Waals surface area (Å²) >= 11 is 0. The fourth-order valence-electron chi connectivity index (χ4n) is 3.00. The molecule has 0 bridgehead atoms. The molecule has 124 valence electrons. The molecule has 0 atom stereocenters. The van der Waals surface area contributed by atoms with Gasteiger partial charge in [0.15, 0.2) is 5.82 Å². The van der Waals surface area contributed by atoms with E-state index in [1.165, 1.54) is 0 Å². The molecule has 1 fully saturated rings. The van der Waals surface area contributed by atoms with Crippen LogP contribution in [0.4, 0.5) is 0 Å². The van der Waals surface area contributed by atoms with Crippen LogP contribution in [0.15, 0.2) is 27.6 Å². The summed E-state index contributed by atoms with van der Waals surface area (Å²) in [5.41, 5.74) is 1.23. The number of likely N-dealkylation sites (tertiary alicyclic amines) is 1. The predicted octanol–water partition coefficient (Wildman–Crippen LogP) is 2.27. The van der Waals surface area contributed by atoms with Gasteiger partial charge in [-0.05, 0) is 43.5 Å². The van der Waals surface area contributed by atoms with Crippen molar-refractivity contribution in [2.45, 2.75) is 45.1 Å². The van der Waals surface area contributed by atoms with Crippen LogP contribution < -0.4 is 5.56 Å². The van der Waals surface area contributed by atoms with Crippen molar-refractivity contribution in [1.82, 2.24) is 19.6 Å². The minimum absolute atomic E-state index is 0.0667. The van der Waals surface area contributed by atoms with Crippen LogP contribution in [0, 0.1) is 0 Å². The van der Waals surface area contributed by atoms with Crippen molar-refractivity contribution >= 4 is 0 Å². The van der Waals surface area contributed by atoms with Crippen LogP contribution in [0.5, 0.6) is 0 Å². The summed E-state index contributed by atoms with van der Waals surface area (Å²) in [6, 6.07) is 3.84. The van der Waals surface area contributed by atoms with Crippen LogP contribution in [-0.2, 0) is 13.6 Å². The number of aryl methyl sites for hydroxylation is 1. The summed E-state index contributed by atoms with van der Waals surface area (Å²) in [7, 11) is 1.78. The molecule has 1 saturated heterocycles. The largest absolute Gasteiger partial charge is 0.338 e. The Hall–Kier alpha value is -1.95. The van der Waals surface area contributed by atoms with Crippen molar-refractivity contribution in [3.63, 3.8) is 0 Å². The maximum atomic E-state index is 11.8. The Balaban J connectivity index is 1.57. The van der Waals surface area contributed by atoms with Gasteiger partial charge in [-0.1, -0.05) is 19.0 Å². The van der Waals surface area contributed by atoms with E-state index in [-0.39, 0.29) is 5.56 Å². The number of nitrogens with zero attached hydrogens (tertiary/aromatic N) is 4. The molecule has 0 aliphatic carbocycles. The Bertz CT molecular complexity index is 711. The molecular formula is C17H24N4O2. The van der Waals surface area contributed by atoms with E-state index >= 15 is 0 Å². The van der Waals surface area contributed by atoms with Gasteiger partial charge in [-0.2, -0.15) is 4.98 Å². The lowest BCUT2D eigenvalue weighted by molar-refractivity contribution is 0.181. The fourth-order valence-corrected chi connectivity index (χ4v) is 3.00. The number of aromatic nitrogens is 3. The molecule has 0 spiro atoms. The minimum atomic E-state index is 0.0667. The Morgan fingerprint density at radius 1 is 1.35 bits per heavy atom. The van der Waals surface area contributed by atoms with Crippen molar-refractivity contribution in [3.05, 3.63) is 46.0 Å². The zero-order valence-corrected chi connectivity index (χ0v) is 14.0. The highest BCUT2D eigenvalue weighted by Crippen LogP contribution is 2.27. The summed E-state index contributed by atoms with van der Waals surface area (Å²) in [6.07, 6.45) is 3.96. The standard InChI is InChI=1S/C17H24N4O2/c1-12(2)17-18-15(23-19-17)11-21-8-5-13(6-9-21)14-4-7-20(3)16(22)10-14/h4,7,10,12-13H,5-6,8-9,11H2,1-3H3. The average molecular weight is 316 g/mol. The molecule has 0 N–H and O–H groups in total.